The molecule has 2 N–H and O–H groups in total. The number of hydrogen-bond donors (Lipinski definition) is 1. The van der Waals surface area contributed by atoms with Crippen LogP contribution in [0, 0.1) is 0 Å². The minimum Gasteiger partial charge on any atom is -0.366 e. The fourth-order valence-electron chi connectivity index (χ4n) is 3.20. The molecular formula is C23H21Cl2N3O4S. The van der Waals surface area contributed by atoms with Gasteiger partial charge in [0.05, 0.1) is 35.1 Å². The highest BCUT2D eigenvalue weighted by Crippen LogP contribution is 2.30. The highest BCUT2D eigenvalue weighted by molar-refractivity contribution is 7.92. The molecule has 0 heterocycles. The van der Waals surface area contributed by atoms with Crippen LogP contribution >= 0.6 is 23.2 Å². The monoisotopic (exact) mass is 505 g/mol. The fraction of sp³-hybridized carbons (Fsp3) is 0.130. The molecule has 0 fully saturated rings. The minimum absolute atomic E-state index is 0.00117. The number of anilines is 2. The Labute approximate surface area is 202 Å². The molecule has 172 valence electrons. The maximum Gasteiger partial charge on any atom is 0.248 e. The summed E-state index contributed by atoms with van der Waals surface area (Å²) < 4.78 is 26.2. The van der Waals surface area contributed by atoms with Crippen LogP contribution in [0.2, 0.25) is 10.0 Å². The molecule has 7 nitrogen and oxygen atoms in total. The number of amides is 2. The van der Waals surface area contributed by atoms with Crippen molar-refractivity contribution in [2.24, 2.45) is 5.73 Å². The van der Waals surface area contributed by atoms with Crippen LogP contribution in [0.25, 0.3) is 0 Å². The Morgan fingerprint density at radius 3 is 2.09 bits per heavy atom. The first-order chi connectivity index (χ1) is 15.6. The normalized spacial score (nSPS) is 11.1. The van der Waals surface area contributed by atoms with Gasteiger partial charge >= 0.3 is 0 Å². The number of rotatable bonds is 9. The molecule has 10 heteroatoms. The molecule has 3 aromatic rings. The van der Waals surface area contributed by atoms with Crippen molar-refractivity contribution in [3.63, 3.8) is 0 Å². The molecular weight excluding hydrogens is 485 g/mol. The van der Waals surface area contributed by atoms with Gasteiger partial charge in [-0.1, -0.05) is 47.5 Å². The molecule has 0 unspecified atom stereocenters. The third-order valence-electron chi connectivity index (χ3n) is 4.93. The number of halogens is 2. The zero-order valence-electron chi connectivity index (χ0n) is 17.6. The largest absolute Gasteiger partial charge is 0.366 e. The molecule has 0 saturated carbocycles. The van der Waals surface area contributed by atoms with E-state index < -0.39 is 15.9 Å². The third-order valence-corrected chi connectivity index (χ3v) is 6.93. The lowest BCUT2D eigenvalue weighted by Crippen LogP contribution is -2.29. The average Bonchev–Trinajstić information content (AvgIpc) is 2.78. The first-order valence-corrected chi connectivity index (χ1v) is 12.3. The van der Waals surface area contributed by atoms with Crippen molar-refractivity contribution in [1.82, 2.24) is 0 Å². The van der Waals surface area contributed by atoms with Crippen LogP contribution in [0.5, 0.6) is 0 Å². The van der Waals surface area contributed by atoms with Gasteiger partial charge in [0.1, 0.15) is 0 Å². The lowest BCUT2D eigenvalue weighted by Gasteiger charge is -2.24. The zero-order valence-corrected chi connectivity index (χ0v) is 19.9. The van der Waals surface area contributed by atoms with E-state index in [1.165, 1.54) is 9.21 Å². The number of benzene rings is 3. The van der Waals surface area contributed by atoms with Crippen LogP contribution in [0.4, 0.5) is 11.4 Å². The van der Waals surface area contributed by atoms with Gasteiger partial charge < -0.3 is 10.6 Å². The first-order valence-electron chi connectivity index (χ1n) is 9.71. The molecule has 2 amide bonds. The second kappa shape index (κ2) is 10.2. The van der Waals surface area contributed by atoms with Crippen molar-refractivity contribution >= 4 is 56.9 Å². The Bertz CT molecular complexity index is 1260. The molecule has 0 atom stereocenters. The number of carbonyl (C=O) groups is 2. The number of nitrogens with two attached hydrogens (primary N) is 1. The maximum absolute atomic E-state index is 12.5. The van der Waals surface area contributed by atoms with Crippen LogP contribution < -0.4 is 14.9 Å². The van der Waals surface area contributed by atoms with E-state index in [9.17, 15) is 18.0 Å². The molecule has 3 aromatic carbocycles. The molecule has 33 heavy (non-hydrogen) atoms. The molecule has 0 spiro atoms. The molecule has 0 aliphatic carbocycles. The Morgan fingerprint density at radius 2 is 1.55 bits per heavy atom. The summed E-state index contributed by atoms with van der Waals surface area (Å²) >= 11 is 12.3. The Hall–Kier alpha value is -3.07. The quantitative estimate of drug-likeness (QED) is 0.439. The van der Waals surface area contributed by atoms with Gasteiger partial charge in [-0.25, -0.2) is 8.42 Å². The molecule has 3 rings (SSSR count). The van der Waals surface area contributed by atoms with Crippen molar-refractivity contribution in [3.8, 4) is 0 Å². The van der Waals surface area contributed by atoms with Crippen molar-refractivity contribution in [1.29, 1.82) is 0 Å². The summed E-state index contributed by atoms with van der Waals surface area (Å²) in [6.45, 7) is 0.261. The van der Waals surface area contributed by atoms with E-state index in [2.05, 4.69) is 0 Å². The lowest BCUT2D eigenvalue weighted by atomic mass is 10.1. The summed E-state index contributed by atoms with van der Waals surface area (Å²) in [6.07, 6.45) is 1.78. The second-order valence-electron chi connectivity index (χ2n) is 7.29. The van der Waals surface area contributed by atoms with Crippen LogP contribution in [-0.4, -0.2) is 27.0 Å². The molecule has 0 aliphatic rings. The predicted octanol–water partition coefficient (Wildman–Crippen LogP) is 4.22. The minimum atomic E-state index is -3.63. The Morgan fingerprint density at radius 1 is 0.939 bits per heavy atom. The third kappa shape index (κ3) is 6.04. The summed E-state index contributed by atoms with van der Waals surface area (Å²) in [6, 6.07) is 18.2. The molecule has 0 saturated heterocycles. The van der Waals surface area contributed by atoms with E-state index >= 15 is 0 Å². The van der Waals surface area contributed by atoms with E-state index in [0.717, 1.165) is 11.8 Å². The highest BCUT2D eigenvalue weighted by Gasteiger charge is 2.20. The van der Waals surface area contributed by atoms with Gasteiger partial charge in [-0.3, -0.25) is 13.9 Å². The summed E-state index contributed by atoms with van der Waals surface area (Å²) in [7, 11) is -3.63. The summed E-state index contributed by atoms with van der Waals surface area (Å²) in [5.74, 6) is -0.529. The average molecular weight is 506 g/mol. The van der Waals surface area contributed by atoms with Crippen LogP contribution in [0.15, 0.2) is 66.7 Å². The van der Waals surface area contributed by atoms with Crippen LogP contribution in [-0.2, 0) is 27.9 Å². The van der Waals surface area contributed by atoms with Gasteiger partial charge in [0, 0.05) is 11.3 Å². The Kier molecular flexibility index (Phi) is 7.63. The van der Waals surface area contributed by atoms with Crippen molar-refractivity contribution in [2.45, 2.75) is 13.1 Å². The van der Waals surface area contributed by atoms with E-state index in [-0.39, 0.29) is 13.1 Å². The molecule has 0 aliphatic heterocycles. The first kappa shape index (κ1) is 24.6. The highest BCUT2D eigenvalue weighted by atomic mass is 35.5. The summed E-state index contributed by atoms with van der Waals surface area (Å²) in [5.41, 5.74) is 7.97. The van der Waals surface area contributed by atoms with Gasteiger partial charge in [0.15, 0.2) is 0 Å². The fourth-order valence-corrected chi connectivity index (χ4v) is 4.45. The smallest absolute Gasteiger partial charge is 0.248 e. The summed E-state index contributed by atoms with van der Waals surface area (Å²) in [5, 5.41) is 0.627. The van der Waals surface area contributed by atoms with E-state index in [1.54, 1.807) is 66.7 Å². The van der Waals surface area contributed by atoms with Crippen molar-refractivity contribution < 1.29 is 18.0 Å². The van der Waals surface area contributed by atoms with E-state index in [1.807, 2.05) is 0 Å². The van der Waals surface area contributed by atoms with E-state index in [0.29, 0.717) is 39.0 Å². The van der Waals surface area contributed by atoms with Crippen LogP contribution in [0.3, 0.4) is 0 Å². The number of hydrogen-bond acceptors (Lipinski definition) is 4. The number of carbonyl (C=O) groups excluding carboxylic acids is 2. The second-order valence-corrected chi connectivity index (χ2v) is 9.99. The van der Waals surface area contributed by atoms with Crippen LogP contribution in [0.1, 0.15) is 21.5 Å². The van der Waals surface area contributed by atoms with Gasteiger partial charge in [-0.2, -0.15) is 0 Å². The zero-order chi connectivity index (χ0) is 24.2. The van der Waals surface area contributed by atoms with Gasteiger partial charge in [0.2, 0.25) is 22.3 Å². The van der Waals surface area contributed by atoms with Crippen molar-refractivity contribution in [2.75, 3.05) is 15.5 Å². The predicted molar refractivity (Wildman–Crippen MR) is 131 cm³/mol. The molecule has 0 bridgehead atoms. The number of sulfonamides is 1. The Balaban J connectivity index is 1.84. The lowest BCUT2D eigenvalue weighted by molar-refractivity contribution is -0.107. The van der Waals surface area contributed by atoms with Gasteiger partial charge in [0.25, 0.3) is 0 Å². The molecule has 0 aromatic heterocycles. The maximum atomic E-state index is 12.5. The SMILES string of the molecule is CS(=O)(=O)N(Cc1cccc(Cl)c1Cl)c1ccc(N(C=O)Cc2ccc(C(N)=O)cc2)cc1. The van der Waals surface area contributed by atoms with Gasteiger partial charge in [-0.15, -0.1) is 0 Å². The summed E-state index contributed by atoms with van der Waals surface area (Å²) in [4.78, 5) is 24.4. The number of primary amides is 1. The topological polar surface area (TPSA) is 101 Å². The van der Waals surface area contributed by atoms with Gasteiger partial charge in [-0.05, 0) is 53.6 Å². The standard InChI is InChI=1S/C23H21Cl2N3O4S/c1-33(31,32)28(14-18-3-2-4-21(24)22(18)25)20-11-9-19(10-12-20)27(15-29)13-16-5-7-17(8-6-16)23(26)30/h2-12,15H,13-14H2,1H3,(H2,26,30). The number of nitrogens with zero attached hydrogens (tertiary/aromatic N) is 2. The molecule has 0 radical (unpaired) electrons. The van der Waals surface area contributed by atoms with E-state index in [4.69, 9.17) is 28.9 Å². The van der Waals surface area contributed by atoms with Crippen molar-refractivity contribution in [3.05, 3.63) is 93.5 Å².